The summed E-state index contributed by atoms with van der Waals surface area (Å²) in [4.78, 5) is 12.1. The van der Waals surface area contributed by atoms with Crippen LogP contribution in [0.3, 0.4) is 0 Å². The van der Waals surface area contributed by atoms with Gasteiger partial charge in [0.1, 0.15) is 6.33 Å². The number of anilines is 1. The lowest BCUT2D eigenvalue weighted by Crippen LogP contribution is -2.23. The van der Waals surface area contributed by atoms with Crippen LogP contribution in [0.15, 0.2) is 29.7 Å². The maximum absolute atomic E-state index is 12.1. The van der Waals surface area contributed by atoms with Crippen molar-refractivity contribution >= 4 is 46.6 Å². The molecule has 0 aliphatic rings. The number of thioether (sulfide) groups is 1. The van der Waals surface area contributed by atoms with Gasteiger partial charge in [0.2, 0.25) is 11.1 Å². The van der Waals surface area contributed by atoms with Gasteiger partial charge in [0, 0.05) is 5.02 Å². The van der Waals surface area contributed by atoms with E-state index < -0.39 is 5.25 Å². The third kappa shape index (κ3) is 3.56. The summed E-state index contributed by atoms with van der Waals surface area (Å²) in [6.07, 6.45) is 1.36. The van der Waals surface area contributed by atoms with Crippen LogP contribution in [0.2, 0.25) is 10.0 Å². The molecule has 0 saturated carbocycles. The molecule has 1 atom stereocenters. The Hall–Kier alpha value is -1.44. The molecule has 1 heterocycles. The third-order valence-electron chi connectivity index (χ3n) is 2.38. The van der Waals surface area contributed by atoms with Gasteiger partial charge in [0.25, 0.3) is 0 Å². The quantitative estimate of drug-likeness (QED) is 0.663. The number of nitrogen functional groups attached to an aromatic ring is 1. The Morgan fingerprint density at radius 3 is 2.90 bits per heavy atom. The SMILES string of the molecule is CC(Sc1nncn1N)C(=O)Nc1cc(Cl)ccc1Cl. The lowest BCUT2D eigenvalue weighted by Gasteiger charge is -2.12. The summed E-state index contributed by atoms with van der Waals surface area (Å²) < 4.78 is 1.25. The molecule has 2 aromatic rings. The molecule has 0 bridgehead atoms. The molecule has 1 amide bonds. The molecule has 2 rings (SSSR count). The highest BCUT2D eigenvalue weighted by Gasteiger charge is 2.18. The van der Waals surface area contributed by atoms with Crippen LogP contribution in [0, 0.1) is 0 Å². The zero-order valence-electron chi connectivity index (χ0n) is 10.4. The summed E-state index contributed by atoms with van der Waals surface area (Å²) in [6, 6.07) is 4.85. The number of halogens is 2. The first-order valence-corrected chi connectivity index (χ1v) is 7.18. The van der Waals surface area contributed by atoms with Crippen LogP contribution >= 0.6 is 35.0 Å². The van der Waals surface area contributed by atoms with Crippen molar-refractivity contribution in [2.75, 3.05) is 11.2 Å². The Labute approximate surface area is 129 Å². The molecular formula is C11H11Cl2N5OS. The molecule has 20 heavy (non-hydrogen) atoms. The van der Waals surface area contributed by atoms with E-state index in [1.54, 1.807) is 25.1 Å². The second-order valence-corrected chi connectivity index (χ2v) is 6.05. The maximum atomic E-state index is 12.1. The minimum absolute atomic E-state index is 0.234. The molecule has 0 radical (unpaired) electrons. The topological polar surface area (TPSA) is 85.8 Å². The fourth-order valence-electron chi connectivity index (χ4n) is 1.36. The maximum Gasteiger partial charge on any atom is 0.237 e. The van der Waals surface area contributed by atoms with Gasteiger partial charge >= 0.3 is 0 Å². The van der Waals surface area contributed by atoms with Crippen LogP contribution in [0.4, 0.5) is 5.69 Å². The Kier molecular flexibility index (Phi) is 4.74. The largest absolute Gasteiger partial charge is 0.336 e. The van der Waals surface area contributed by atoms with Crippen molar-refractivity contribution in [3.8, 4) is 0 Å². The minimum Gasteiger partial charge on any atom is -0.336 e. The van der Waals surface area contributed by atoms with E-state index in [-0.39, 0.29) is 5.91 Å². The minimum atomic E-state index is -0.420. The molecule has 1 aromatic heterocycles. The number of hydrogen-bond donors (Lipinski definition) is 2. The Morgan fingerprint density at radius 1 is 1.50 bits per heavy atom. The molecule has 0 saturated heterocycles. The van der Waals surface area contributed by atoms with Crippen molar-refractivity contribution < 1.29 is 4.79 Å². The van der Waals surface area contributed by atoms with Crippen molar-refractivity contribution in [3.63, 3.8) is 0 Å². The third-order valence-corrected chi connectivity index (χ3v) is 4.01. The molecule has 6 nitrogen and oxygen atoms in total. The van der Waals surface area contributed by atoms with Crippen molar-refractivity contribution in [2.24, 2.45) is 0 Å². The Morgan fingerprint density at radius 2 is 2.25 bits per heavy atom. The summed E-state index contributed by atoms with van der Waals surface area (Å²) in [5, 5.41) is 11.1. The van der Waals surface area contributed by atoms with Crippen molar-refractivity contribution in [2.45, 2.75) is 17.3 Å². The summed E-state index contributed by atoms with van der Waals surface area (Å²) in [5.74, 6) is 5.35. The van der Waals surface area contributed by atoms with Gasteiger partial charge < -0.3 is 11.2 Å². The Balaban J connectivity index is 2.04. The normalized spacial score (nSPS) is 12.2. The van der Waals surface area contributed by atoms with E-state index in [0.717, 1.165) is 0 Å². The fraction of sp³-hybridized carbons (Fsp3) is 0.182. The van der Waals surface area contributed by atoms with Gasteiger partial charge in [-0.15, -0.1) is 10.2 Å². The van der Waals surface area contributed by atoms with Crippen molar-refractivity contribution in [1.82, 2.24) is 14.9 Å². The number of amides is 1. The van der Waals surface area contributed by atoms with Gasteiger partial charge in [-0.3, -0.25) is 4.79 Å². The molecule has 0 spiro atoms. The molecule has 0 fully saturated rings. The van der Waals surface area contributed by atoms with Gasteiger partial charge in [-0.25, -0.2) is 4.68 Å². The first kappa shape index (κ1) is 15.0. The number of aromatic nitrogens is 3. The smallest absolute Gasteiger partial charge is 0.237 e. The number of benzene rings is 1. The highest BCUT2D eigenvalue weighted by Crippen LogP contribution is 2.27. The number of nitrogens with zero attached hydrogens (tertiary/aromatic N) is 3. The van der Waals surface area contributed by atoms with Crippen LogP contribution in [0.25, 0.3) is 0 Å². The molecule has 0 aliphatic heterocycles. The number of nitrogens with two attached hydrogens (primary N) is 1. The first-order valence-electron chi connectivity index (χ1n) is 5.55. The zero-order chi connectivity index (χ0) is 14.7. The standard InChI is InChI=1S/C11H11Cl2N5OS/c1-6(20-11-17-15-5-18(11)14)10(19)16-9-4-7(12)2-3-8(9)13/h2-6H,14H2,1H3,(H,16,19). The highest BCUT2D eigenvalue weighted by atomic mass is 35.5. The lowest BCUT2D eigenvalue weighted by atomic mass is 10.3. The second kappa shape index (κ2) is 6.34. The molecule has 1 aromatic carbocycles. The molecule has 3 N–H and O–H groups in total. The molecule has 1 unspecified atom stereocenters. The highest BCUT2D eigenvalue weighted by molar-refractivity contribution is 8.00. The van der Waals surface area contributed by atoms with Gasteiger partial charge in [0.05, 0.1) is 16.0 Å². The number of carbonyl (C=O) groups is 1. The molecule has 0 aliphatic carbocycles. The summed E-state index contributed by atoms with van der Waals surface area (Å²) in [7, 11) is 0. The van der Waals surface area contributed by atoms with E-state index in [1.807, 2.05) is 0 Å². The number of hydrogen-bond acceptors (Lipinski definition) is 5. The lowest BCUT2D eigenvalue weighted by molar-refractivity contribution is -0.115. The van der Waals surface area contributed by atoms with Crippen molar-refractivity contribution in [3.05, 3.63) is 34.6 Å². The fourth-order valence-corrected chi connectivity index (χ4v) is 2.44. The second-order valence-electron chi connectivity index (χ2n) is 3.89. The van der Waals surface area contributed by atoms with E-state index in [9.17, 15) is 4.79 Å². The predicted octanol–water partition coefficient (Wildman–Crippen LogP) is 2.42. The van der Waals surface area contributed by atoms with E-state index in [4.69, 9.17) is 29.0 Å². The van der Waals surface area contributed by atoms with Gasteiger partial charge in [-0.1, -0.05) is 35.0 Å². The zero-order valence-corrected chi connectivity index (χ0v) is 12.7. The monoisotopic (exact) mass is 331 g/mol. The van der Waals surface area contributed by atoms with Gasteiger partial charge in [0.15, 0.2) is 0 Å². The van der Waals surface area contributed by atoms with E-state index >= 15 is 0 Å². The van der Waals surface area contributed by atoms with E-state index in [2.05, 4.69) is 15.5 Å². The first-order chi connectivity index (χ1) is 9.47. The number of rotatable bonds is 4. The Bertz CT molecular complexity index is 633. The average Bonchev–Trinajstić information content (AvgIpc) is 2.79. The van der Waals surface area contributed by atoms with Crippen LogP contribution in [0.5, 0.6) is 0 Å². The van der Waals surface area contributed by atoms with E-state index in [0.29, 0.717) is 20.9 Å². The predicted molar refractivity (Wildman–Crippen MR) is 80.6 cm³/mol. The molecule has 106 valence electrons. The molecule has 9 heteroatoms. The van der Waals surface area contributed by atoms with Crippen LogP contribution in [-0.4, -0.2) is 26.0 Å². The van der Waals surface area contributed by atoms with Crippen LogP contribution in [-0.2, 0) is 4.79 Å². The average molecular weight is 332 g/mol. The van der Waals surface area contributed by atoms with Gasteiger partial charge in [-0.05, 0) is 25.1 Å². The van der Waals surface area contributed by atoms with Crippen molar-refractivity contribution in [1.29, 1.82) is 0 Å². The van der Waals surface area contributed by atoms with Gasteiger partial charge in [-0.2, -0.15) is 0 Å². The summed E-state index contributed by atoms with van der Waals surface area (Å²) in [5.41, 5.74) is 0.464. The van der Waals surface area contributed by atoms with E-state index in [1.165, 1.54) is 22.8 Å². The molecular weight excluding hydrogens is 321 g/mol. The number of carbonyl (C=O) groups excluding carboxylic acids is 1. The van der Waals surface area contributed by atoms with Crippen LogP contribution in [0.1, 0.15) is 6.92 Å². The summed E-state index contributed by atoms with van der Waals surface area (Å²) in [6.45, 7) is 1.73. The summed E-state index contributed by atoms with van der Waals surface area (Å²) >= 11 is 13.0. The van der Waals surface area contributed by atoms with Crippen LogP contribution < -0.4 is 11.2 Å². The number of nitrogens with one attached hydrogen (secondary N) is 1.